The molecule has 4 aromatic rings. The highest BCUT2D eigenvalue weighted by molar-refractivity contribution is 5.92. The number of aryl methyl sites for hydroxylation is 2. The fourth-order valence-corrected chi connectivity index (χ4v) is 3.21. The molecule has 0 atom stereocenters. The minimum atomic E-state index is -0.273. The Labute approximate surface area is 185 Å². The van der Waals surface area contributed by atoms with Crippen LogP contribution >= 0.6 is 0 Å². The number of hydrogen-bond donors (Lipinski definition) is 1. The smallest absolute Gasteiger partial charge is 0.262 e. The van der Waals surface area contributed by atoms with Gasteiger partial charge in [0.25, 0.3) is 11.5 Å². The van der Waals surface area contributed by atoms with Crippen LogP contribution in [0.1, 0.15) is 16.8 Å². The van der Waals surface area contributed by atoms with E-state index in [4.69, 9.17) is 9.47 Å². The summed E-state index contributed by atoms with van der Waals surface area (Å²) in [4.78, 5) is 29.1. The van der Waals surface area contributed by atoms with Gasteiger partial charge in [0.1, 0.15) is 23.8 Å². The van der Waals surface area contributed by atoms with Gasteiger partial charge < -0.3 is 14.8 Å². The van der Waals surface area contributed by atoms with Crippen LogP contribution < -0.4 is 20.3 Å². The van der Waals surface area contributed by atoms with Crippen LogP contribution in [0.25, 0.3) is 5.65 Å². The highest BCUT2D eigenvalue weighted by atomic mass is 16.5. The van der Waals surface area contributed by atoms with Crippen LogP contribution in [0.15, 0.2) is 77.7 Å². The van der Waals surface area contributed by atoms with Crippen molar-refractivity contribution in [3.8, 4) is 11.5 Å². The predicted molar refractivity (Wildman–Crippen MR) is 122 cm³/mol. The lowest BCUT2D eigenvalue weighted by Gasteiger charge is -2.11. The maximum Gasteiger partial charge on any atom is 0.262 e. The zero-order valence-electron chi connectivity index (χ0n) is 17.9. The number of amides is 1. The maximum absolute atomic E-state index is 12.3. The second-order valence-corrected chi connectivity index (χ2v) is 7.44. The van der Waals surface area contributed by atoms with E-state index < -0.39 is 0 Å². The van der Waals surface area contributed by atoms with Crippen LogP contribution in [-0.2, 0) is 11.4 Å². The number of nitrogens with one attached hydrogen (secondary N) is 1. The number of rotatable bonds is 7. The lowest BCUT2D eigenvalue weighted by atomic mass is 10.2. The largest absolute Gasteiger partial charge is 0.487 e. The summed E-state index contributed by atoms with van der Waals surface area (Å²) >= 11 is 0. The van der Waals surface area contributed by atoms with Gasteiger partial charge in [0.05, 0.1) is 5.69 Å². The van der Waals surface area contributed by atoms with Crippen LogP contribution in [0.3, 0.4) is 0 Å². The summed E-state index contributed by atoms with van der Waals surface area (Å²) in [6.45, 7) is 3.88. The molecular weight excluding hydrogens is 406 g/mol. The minimum absolute atomic E-state index is 0.0969. The minimum Gasteiger partial charge on any atom is -0.487 e. The van der Waals surface area contributed by atoms with Crippen molar-refractivity contribution in [3.05, 3.63) is 100 Å². The predicted octanol–water partition coefficient (Wildman–Crippen LogP) is 3.91. The molecule has 0 spiro atoms. The number of aromatic nitrogens is 2. The average molecular weight is 429 g/mol. The number of carbonyl (C=O) groups excluding carboxylic acids is 1. The zero-order valence-corrected chi connectivity index (χ0v) is 17.9. The maximum atomic E-state index is 12.3. The van der Waals surface area contributed by atoms with Crippen molar-refractivity contribution in [3.63, 3.8) is 0 Å². The number of hydrogen-bond acceptors (Lipinski definition) is 5. The van der Waals surface area contributed by atoms with Crippen molar-refractivity contribution in [2.24, 2.45) is 0 Å². The Morgan fingerprint density at radius 2 is 1.84 bits per heavy atom. The Balaban J connectivity index is 1.37. The summed E-state index contributed by atoms with van der Waals surface area (Å²) in [6.07, 6.45) is 1.75. The van der Waals surface area contributed by atoms with Crippen molar-refractivity contribution >= 4 is 17.2 Å². The van der Waals surface area contributed by atoms with Gasteiger partial charge in [-0.1, -0.05) is 30.3 Å². The molecule has 0 unspecified atom stereocenters. The van der Waals surface area contributed by atoms with E-state index in [2.05, 4.69) is 10.3 Å². The second kappa shape index (κ2) is 9.34. The van der Waals surface area contributed by atoms with Gasteiger partial charge in [-0.05, 0) is 49.2 Å². The third kappa shape index (κ3) is 5.13. The van der Waals surface area contributed by atoms with Crippen molar-refractivity contribution < 1.29 is 14.3 Å². The molecule has 0 saturated carbocycles. The Morgan fingerprint density at radius 3 is 2.69 bits per heavy atom. The number of pyridine rings is 1. The highest BCUT2D eigenvalue weighted by Crippen LogP contribution is 2.19. The van der Waals surface area contributed by atoms with Gasteiger partial charge >= 0.3 is 0 Å². The van der Waals surface area contributed by atoms with Crippen molar-refractivity contribution in [1.29, 1.82) is 0 Å². The van der Waals surface area contributed by atoms with Gasteiger partial charge in [0.2, 0.25) is 0 Å². The normalized spacial score (nSPS) is 10.7. The van der Waals surface area contributed by atoms with Crippen LogP contribution in [0, 0.1) is 13.8 Å². The van der Waals surface area contributed by atoms with Crippen molar-refractivity contribution in [2.75, 3.05) is 11.9 Å². The molecule has 0 radical (unpaired) electrons. The molecule has 2 aromatic heterocycles. The molecule has 4 rings (SSSR count). The first-order valence-electron chi connectivity index (χ1n) is 10.2. The van der Waals surface area contributed by atoms with E-state index in [1.807, 2.05) is 44.2 Å². The molecule has 2 heterocycles. The molecule has 0 bridgehead atoms. The molecule has 0 saturated heterocycles. The van der Waals surface area contributed by atoms with Gasteiger partial charge in [-0.15, -0.1) is 0 Å². The van der Waals surface area contributed by atoms with Gasteiger partial charge in [0, 0.05) is 24.0 Å². The van der Waals surface area contributed by atoms with Gasteiger partial charge in [-0.3, -0.25) is 14.0 Å². The number of nitrogens with zero attached hydrogens (tertiary/aromatic N) is 2. The lowest BCUT2D eigenvalue weighted by Crippen LogP contribution is -2.20. The quantitative estimate of drug-likeness (QED) is 0.482. The SMILES string of the molecule is Cc1ccc2nc(COc3cccc(NC(=O)COc4ccccc4C)c3)cc(=O)n2c1. The second-order valence-electron chi connectivity index (χ2n) is 7.44. The zero-order chi connectivity index (χ0) is 22.5. The first kappa shape index (κ1) is 21.1. The molecular formula is C25H23N3O4. The molecule has 0 fully saturated rings. The summed E-state index contributed by atoms with van der Waals surface area (Å²) < 4.78 is 12.9. The number of benzene rings is 2. The number of anilines is 1. The van der Waals surface area contributed by atoms with Crippen molar-refractivity contribution in [1.82, 2.24) is 9.38 Å². The topological polar surface area (TPSA) is 81.9 Å². The van der Waals surface area contributed by atoms with E-state index in [-0.39, 0.29) is 24.7 Å². The van der Waals surface area contributed by atoms with Crippen LogP contribution in [-0.4, -0.2) is 21.9 Å². The summed E-state index contributed by atoms with van der Waals surface area (Å²) in [5, 5.41) is 2.80. The number of ether oxygens (including phenoxy) is 2. The van der Waals surface area contributed by atoms with E-state index >= 15 is 0 Å². The van der Waals surface area contributed by atoms with Crippen LogP contribution in [0.4, 0.5) is 5.69 Å². The van der Waals surface area contributed by atoms with E-state index in [0.29, 0.717) is 28.5 Å². The molecule has 1 amide bonds. The molecule has 0 aliphatic carbocycles. The molecule has 0 aliphatic heterocycles. The van der Waals surface area contributed by atoms with Crippen molar-refractivity contribution in [2.45, 2.75) is 20.5 Å². The standard InChI is InChI=1S/C25H23N3O4/c1-17-10-11-23-26-20(13-25(30)28(23)14-17)15-31-21-8-5-7-19(12-21)27-24(29)16-32-22-9-4-3-6-18(22)2/h3-14H,15-16H2,1-2H3,(H,27,29). The fraction of sp³-hybridized carbons (Fsp3) is 0.160. The summed E-state index contributed by atoms with van der Waals surface area (Å²) in [7, 11) is 0. The molecule has 162 valence electrons. The first-order valence-corrected chi connectivity index (χ1v) is 10.2. The molecule has 32 heavy (non-hydrogen) atoms. The summed E-state index contributed by atoms with van der Waals surface area (Å²) in [6, 6.07) is 19.7. The van der Waals surface area contributed by atoms with E-state index in [9.17, 15) is 9.59 Å². The molecule has 2 aromatic carbocycles. The fourth-order valence-electron chi connectivity index (χ4n) is 3.21. The number of carbonyl (C=O) groups is 1. The first-order chi connectivity index (χ1) is 15.5. The van der Waals surface area contributed by atoms with E-state index in [1.54, 1.807) is 36.5 Å². The van der Waals surface area contributed by atoms with Gasteiger partial charge in [-0.25, -0.2) is 4.98 Å². The van der Waals surface area contributed by atoms with Gasteiger partial charge in [0.15, 0.2) is 6.61 Å². The summed E-state index contributed by atoms with van der Waals surface area (Å²) in [5.41, 5.74) is 3.47. The Bertz CT molecular complexity index is 1330. The third-order valence-corrected chi connectivity index (χ3v) is 4.82. The Hall–Kier alpha value is -4.13. The number of para-hydroxylation sites is 1. The monoisotopic (exact) mass is 429 g/mol. The van der Waals surface area contributed by atoms with E-state index in [0.717, 1.165) is 11.1 Å². The van der Waals surface area contributed by atoms with E-state index in [1.165, 1.54) is 10.5 Å². The van der Waals surface area contributed by atoms with Crippen LogP contribution in [0.5, 0.6) is 11.5 Å². The number of fused-ring (bicyclic) bond motifs is 1. The Morgan fingerprint density at radius 1 is 1.00 bits per heavy atom. The molecule has 0 aliphatic rings. The molecule has 1 N–H and O–H groups in total. The van der Waals surface area contributed by atoms with Gasteiger partial charge in [-0.2, -0.15) is 0 Å². The van der Waals surface area contributed by atoms with Crippen LogP contribution in [0.2, 0.25) is 0 Å². The summed E-state index contributed by atoms with van der Waals surface area (Å²) in [5.74, 6) is 0.951. The Kier molecular flexibility index (Phi) is 6.17. The highest BCUT2D eigenvalue weighted by Gasteiger charge is 2.07. The third-order valence-electron chi connectivity index (χ3n) is 4.82. The molecule has 7 nitrogen and oxygen atoms in total. The average Bonchev–Trinajstić information content (AvgIpc) is 2.78. The molecule has 7 heteroatoms. The lowest BCUT2D eigenvalue weighted by molar-refractivity contribution is -0.118.